The Bertz CT molecular complexity index is 1250. The van der Waals surface area contributed by atoms with Gasteiger partial charge in [-0.3, -0.25) is 0 Å². The van der Waals surface area contributed by atoms with E-state index in [0.29, 0.717) is 22.8 Å². The molecule has 6 nitrogen and oxygen atoms in total. The van der Waals surface area contributed by atoms with Crippen molar-refractivity contribution >= 4 is 18.1 Å². The molecule has 0 amide bonds. The summed E-state index contributed by atoms with van der Waals surface area (Å²) in [5.41, 5.74) is 10.5. The highest BCUT2D eigenvalue weighted by Crippen LogP contribution is 2.45. The number of allylic oxidation sites excluding steroid dienone is 1. The molecule has 3 aromatic carbocycles. The summed E-state index contributed by atoms with van der Waals surface area (Å²) in [4.78, 5) is 12.1. The van der Waals surface area contributed by atoms with Crippen molar-refractivity contribution in [3.05, 3.63) is 95.1 Å². The third-order valence-electron chi connectivity index (χ3n) is 6.46. The summed E-state index contributed by atoms with van der Waals surface area (Å²) in [6.07, 6.45) is 8.02. The van der Waals surface area contributed by atoms with E-state index in [9.17, 15) is 9.90 Å². The smallest absolute Gasteiger partial charge is 0.336 e. The van der Waals surface area contributed by atoms with E-state index >= 15 is 0 Å². The van der Waals surface area contributed by atoms with Crippen LogP contribution in [0, 0.1) is 5.92 Å². The molecular formula is C30H31NO5. The molecule has 0 aromatic heterocycles. The summed E-state index contributed by atoms with van der Waals surface area (Å²) in [5, 5.41) is 10.7. The second kappa shape index (κ2) is 11.6. The van der Waals surface area contributed by atoms with Crippen LogP contribution >= 0.6 is 0 Å². The van der Waals surface area contributed by atoms with Gasteiger partial charge >= 0.3 is 5.97 Å². The first-order valence-corrected chi connectivity index (χ1v) is 11.9. The lowest BCUT2D eigenvalue weighted by atomic mass is 9.91. The van der Waals surface area contributed by atoms with Gasteiger partial charge in [0.2, 0.25) is 5.75 Å². The molecule has 0 aliphatic heterocycles. The Labute approximate surface area is 211 Å². The number of aromatic hydroxyl groups is 1. The lowest BCUT2D eigenvalue weighted by Gasteiger charge is -2.22. The summed E-state index contributed by atoms with van der Waals surface area (Å²) in [6, 6.07) is 20.3. The molecule has 0 radical (unpaired) electrons. The first-order valence-electron chi connectivity index (χ1n) is 11.9. The lowest BCUT2D eigenvalue weighted by molar-refractivity contribution is -0.128. The minimum Gasteiger partial charge on any atom is -0.504 e. The van der Waals surface area contributed by atoms with Crippen LogP contribution in [0.5, 0.6) is 23.0 Å². The number of esters is 1. The molecule has 0 heterocycles. The Hall–Kier alpha value is -4.03. The summed E-state index contributed by atoms with van der Waals surface area (Å²) >= 11 is 0. The van der Waals surface area contributed by atoms with Crippen LogP contribution in [0.1, 0.15) is 42.0 Å². The number of carbonyl (C=O) groups excluding carboxylic acids is 1. The number of benzene rings is 3. The van der Waals surface area contributed by atoms with E-state index in [2.05, 4.69) is 6.08 Å². The quantitative estimate of drug-likeness (QED) is 0.234. The lowest BCUT2D eigenvalue weighted by Crippen LogP contribution is -2.19. The highest BCUT2D eigenvalue weighted by Gasteiger charge is 2.29. The van der Waals surface area contributed by atoms with Crippen LogP contribution < -0.4 is 19.9 Å². The van der Waals surface area contributed by atoms with Crippen molar-refractivity contribution < 1.29 is 24.1 Å². The Kier molecular flexibility index (Phi) is 8.08. The minimum absolute atomic E-state index is 0.0329. The topological polar surface area (TPSA) is 91.0 Å². The third-order valence-corrected chi connectivity index (χ3v) is 6.46. The van der Waals surface area contributed by atoms with Gasteiger partial charge < -0.3 is 25.1 Å². The van der Waals surface area contributed by atoms with Gasteiger partial charge in [0, 0.05) is 17.7 Å². The number of rotatable bonds is 8. The fourth-order valence-electron chi connectivity index (χ4n) is 4.54. The molecule has 6 heteroatoms. The SMILES string of the molecule is COc1ccc(C(N)C2CC/C(=C\c3ccc(OC(=O)/C=C/c4ccccc4)cc3)C2)c(O)c1OC. The molecule has 3 N–H and O–H groups in total. The van der Waals surface area contributed by atoms with Crippen molar-refractivity contribution in [3.8, 4) is 23.0 Å². The van der Waals surface area contributed by atoms with Gasteiger partial charge in [0.25, 0.3) is 0 Å². The fourth-order valence-corrected chi connectivity index (χ4v) is 4.54. The Balaban J connectivity index is 1.36. The second-order valence-electron chi connectivity index (χ2n) is 8.80. The van der Waals surface area contributed by atoms with Crippen molar-refractivity contribution in [3.63, 3.8) is 0 Å². The van der Waals surface area contributed by atoms with Gasteiger partial charge in [-0.1, -0.05) is 54.1 Å². The molecule has 0 saturated heterocycles. The highest BCUT2D eigenvalue weighted by atomic mass is 16.5. The van der Waals surface area contributed by atoms with E-state index in [0.717, 1.165) is 30.4 Å². The maximum absolute atomic E-state index is 12.1. The van der Waals surface area contributed by atoms with E-state index in [-0.39, 0.29) is 17.7 Å². The summed E-state index contributed by atoms with van der Waals surface area (Å²) in [5.74, 6) is 1.09. The first kappa shape index (κ1) is 25.1. The maximum atomic E-state index is 12.1. The van der Waals surface area contributed by atoms with Crippen LogP contribution in [0.4, 0.5) is 0 Å². The summed E-state index contributed by atoms with van der Waals surface area (Å²) in [6.45, 7) is 0. The van der Waals surface area contributed by atoms with Crippen LogP contribution in [0.25, 0.3) is 12.2 Å². The number of nitrogens with two attached hydrogens (primary N) is 1. The van der Waals surface area contributed by atoms with Gasteiger partial charge in [-0.25, -0.2) is 4.79 Å². The number of phenols is 1. The molecule has 4 rings (SSSR count). The normalized spacial score (nSPS) is 17.3. The summed E-state index contributed by atoms with van der Waals surface area (Å²) < 4.78 is 16.0. The van der Waals surface area contributed by atoms with Gasteiger partial charge in [-0.2, -0.15) is 0 Å². The zero-order valence-corrected chi connectivity index (χ0v) is 20.5. The number of phenolic OH excluding ortho intramolecular Hbond substituents is 1. The van der Waals surface area contributed by atoms with E-state index < -0.39 is 5.97 Å². The predicted octanol–water partition coefficient (Wildman–Crippen LogP) is 5.91. The van der Waals surface area contributed by atoms with E-state index in [1.165, 1.54) is 25.9 Å². The number of methoxy groups -OCH3 is 2. The number of ether oxygens (including phenoxy) is 3. The fraction of sp³-hybridized carbons (Fsp3) is 0.233. The Morgan fingerprint density at radius 3 is 2.44 bits per heavy atom. The molecule has 36 heavy (non-hydrogen) atoms. The molecule has 2 atom stereocenters. The van der Waals surface area contributed by atoms with Gasteiger partial charge in [-0.05, 0) is 66.6 Å². The van der Waals surface area contributed by atoms with Crippen LogP contribution in [0.15, 0.2) is 78.4 Å². The largest absolute Gasteiger partial charge is 0.504 e. The van der Waals surface area contributed by atoms with Crippen LogP contribution in [-0.2, 0) is 4.79 Å². The first-order chi connectivity index (χ1) is 17.5. The number of carbonyl (C=O) groups is 1. The second-order valence-corrected chi connectivity index (χ2v) is 8.80. The molecule has 3 aromatic rings. The van der Waals surface area contributed by atoms with Crippen LogP contribution in [0.3, 0.4) is 0 Å². The number of hydrogen-bond donors (Lipinski definition) is 2. The third kappa shape index (κ3) is 5.96. The van der Waals surface area contributed by atoms with Crippen LogP contribution in [0.2, 0.25) is 0 Å². The average Bonchev–Trinajstić information content (AvgIpc) is 3.37. The minimum atomic E-state index is -0.420. The zero-order chi connectivity index (χ0) is 25.5. The molecule has 2 unspecified atom stereocenters. The molecule has 1 fully saturated rings. The predicted molar refractivity (Wildman–Crippen MR) is 141 cm³/mol. The van der Waals surface area contributed by atoms with Crippen molar-refractivity contribution in [2.75, 3.05) is 14.2 Å². The van der Waals surface area contributed by atoms with E-state index in [4.69, 9.17) is 19.9 Å². The van der Waals surface area contributed by atoms with Gasteiger partial charge in [0.15, 0.2) is 11.5 Å². The molecule has 186 valence electrons. The Morgan fingerprint density at radius 1 is 1.00 bits per heavy atom. The molecule has 0 bridgehead atoms. The molecule has 0 spiro atoms. The van der Waals surface area contributed by atoms with Crippen molar-refractivity contribution in [1.82, 2.24) is 0 Å². The maximum Gasteiger partial charge on any atom is 0.336 e. The van der Waals surface area contributed by atoms with Crippen molar-refractivity contribution in [2.45, 2.75) is 25.3 Å². The standard InChI is InChI=1S/C30H31NO5/c1-34-26-16-15-25(29(33)30(26)35-2)28(31)23-12-8-22(19-23)18-21-9-13-24(14-10-21)36-27(32)17-11-20-6-4-3-5-7-20/h3-7,9-11,13-18,23,28,33H,8,12,19,31H2,1-2H3/b17-11+,22-18+. The molecule has 1 aliphatic carbocycles. The van der Waals surface area contributed by atoms with Crippen molar-refractivity contribution in [2.24, 2.45) is 11.7 Å². The van der Waals surface area contributed by atoms with E-state index in [1.807, 2.05) is 42.5 Å². The van der Waals surface area contributed by atoms with Gasteiger partial charge in [0.05, 0.1) is 14.2 Å². The zero-order valence-electron chi connectivity index (χ0n) is 20.5. The van der Waals surface area contributed by atoms with Gasteiger partial charge in [0.1, 0.15) is 5.75 Å². The molecular weight excluding hydrogens is 454 g/mol. The average molecular weight is 486 g/mol. The van der Waals surface area contributed by atoms with Gasteiger partial charge in [-0.15, -0.1) is 0 Å². The number of hydrogen-bond acceptors (Lipinski definition) is 6. The highest BCUT2D eigenvalue weighted by molar-refractivity contribution is 5.88. The Morgan fingerprint density at radius 2 is 1.75 bits per heavy atom. The molecule has 1 saturated carbocycles. The monoisotopic (exact) mass is 485 g/mol. The van der Waals surface area contributed by atoms with Crippen LogP contribution in [-0.4, -0.2) is 25.3 Å². The molecule has 1 aliphatic rings. The summed E-state index contributed by atoms with van der Waals surface area (Å²) in [7, 11) is 3.03. The van der Waals surface area contributed by atoms with E-state index in [1.54, 1.807) is 30.3 Å². The van der Waals surface area contributed by atoms with Crippen molar-refractivity contribution in [1.29, 1.82) is 0 Å².